The number of hydrogen-bond acceptors (Lipinski definition) is 2. The molecule has 1 amide bonds. The van der Waals surface area contributed by atoms with Crippen LogP contribution in [0, 0.1) is 12.8 Å². The predicted molar refractivity (Wildman–Crippen MR) is 72.7 cm³/mol. The summed E-state index contributed by atoms with van der Waals surface area (Å²) in [6.45, 7) is 2.01. The zero-order valence-corrected chi connectivity index (χ0v) is 11.2. The Kier molecular flexibility index (Phi) is 3.64. The number of rotatable bonds is 2. The third kappa shape index (κ3) is 2.96. The lowest BCUT2D eigenvalue weighted by molar-refractivity contribution is -0.118. The van der Waals surface area contributed by atoms with E-state index in [1.165, 1.54) is 0 Å². The summed E-state index contributed by atoms with van der Waals surface area (Å²) in [6, 6.07) is 5.79. The maximum Gasteiger partial charge on any atom is 0.231 e. The molecule has 90 valence electrons. The molecule has 3 N–H and O–H groups in total. The third-order valence-corrected chi connectivity index (χ3v) is 3.75. The second-order valence-electron chi connectivity index (χ2n) is 4.34. The van der Waals surface area contributed by atoms with E-state index in [0.717, 1.165) is 15.7 Å². The van der Waals surface area contributed by atoms with Gasteiger partial charge in [0.05, 0.1) is 5.92 Å². The summed E-state index contributed by atoms with van der Waals surface area (Å²) in [4.78, 5) is 11.9. The second kappa shape index (κ2) is 5.02. The summed E-state index contributed by atoms with van der Waals surface area (Å²) in [5.74, 6) is -0.102. The van der Waals surface area contributed by atoms with Crippen LogP contribution in [0.1, 0.15) is 12.0 Å². The van der Waals surface area contributed by atoms with Crippen LogP contribution < -0.4 is 11.1 Å². The van der Waals surface area contributed by atoms with Gasteiger partial charge in [0.2, 0.25) is 5.91 Å². The van der Waals surface area contributed by atoms with E-state index in [4.69, 9.17) is 5.73 Å². The quantitative estimate of drug-likeness (QED) is 0.824. The van der Waals surface area contributed by atoms with Crippen molar-refractivity contribution in [2.75, 3.05) is 5.32 Å². The number of benzene rings is 1. The van der Waals surface area contributed by atoms with Gasteiger partial charge in [-0.3, -0.25) is 4.79 Å². The van der Waals surface area contributed by atoms with Gasteiger partial charge in [-0.05, 0) is 31.0 Å². The van der Waals surface area contributed by atoms with Crippen molar-refractivity contribution in [3.05, 3.63) is 40.4 Å². The number of anilines is 1. The van der Waals surface area contributed by atoms with E-state index in [1.807, 2.05) is 37.3 Å². The molecule has 2 atom stereocenters. The third-order valence-electron chi connectivity index (χ3n) is 2.89. The van der Waals surface area contributed by atoms with Gasteiger partial charge < -0.3 is 11.1 Å². The topological polar surface area (TPSA) is 55.1 Å². The molecule has 17 heavy (non-hydrogen) atoms. The van der Waals surface area contributed by atoms with Gasteiger partial charge in [0.1, 0.15) is 0 Å². The first kappa shape index (κ1) is 12.3. The number of amides is 1. The molecule has 3 nitrogen and oxygen atoms in total. The summed E-state index contributed by atoms with van der Waals surface area (Å²) in [7, 11) is 0. The van der Waals surface area contributed by atoms with Gasteiger partial charge in [0.15, 0.2) is 0 Å². The van der Waals surface area contributed by atoms with E-state index in [2.05, 4.69) is 21.2 Å². The van der Waals surface area contributed by atoms with Crippen LogP contribution in [0.5, 0.6) is 0 Å². The molecular formula is C13H15BrN2O. The Labute approximate surface area is 109 Å². The largest absolute Gasteiger partial charge is 0.326 e. The van der Waals surface area contributed by atoms with Crippen molar-refractivity contribution in [2.45, 2.75) is 19.4 Å². The van der Waals surface area contributed by atoms with Crippen LogP contribution in [-0.4, -0.2) is 11.9 Å². The van der Waals surface area contributed by atoms with Gasteiger partial charge in [-0.2, -0.15) is 0 Å². The van der Waals surface area contributed by atoms with Crippen molar-refractivity contribution in [1.29, 1.82) is 0 Å². The van der Waals surface area contributed by atoms with Gasteiger partial charge in [-0.15, -0.1) is 0 Å². The maximum absolute atomic E-state index is 11.9. The molecule has 2 rings (SSSR count). The number of halogens is 1. The lowest BCUT2D eigenvalue weighted by Crippen LogP contribution is -2.23. The fraction of sp³-hybridized carbons (Fsp3) is 0.308. The average Bonchev–Trinajstić information content (AvgIpc) is 2.70. The molecule has 0 fully saturated rings. The highest BCUT2D eigenvalue weighted by atomic mass is 79.9. The molecule has 0 saturated carbocycles. The number of carbonyl (C=O) groups excluding carboxylic acids is 1. The van der Waals surface area contributed by atoms with Crippen LogP contribution in [0.4, 0.5) is 5.69 Å². The Morgan fingerprint density at radius 1 is 1.47 bits per heavy atom. The molecule has 0 heterocycles. The molecule has 1 aromatic rings. The molecule has 1 aliphatic rings. The minimum absolute atomic E-state index is 0.00459. The second-order valence-corrected chi connectivity index (χ2v) is 5.20. The normalized spacial score (nSPS) is 22.8. The molecular weight excluding hydrogens is 280 g/mol. The first-order valence-electron chi connectivity index (χ1n) is 5.57. The summed E-state index contributed by atoms with van der Waals surface area (Å²) in [5, 5.41) is 2.90. The number of hydrogen-bond donors (Lipinski definition) is 2. The molecule has 1 aliphatic carbocycles. The van der Waals surface area contributed by atoms with E-state index >= 15 is 0 Å². The van der Waals surface area contributed by atoms with Crippen molar-refractivity contribution in [3.63, 3.8) is 0 Å². The molecule has 0 saturated heterocycles. The first-order chi connectivity index (χ1) is 8.06. The molecule has 1 aromatic carbocycles. The van der Waals surface area contributed by atoms with Crippen molar-refractivity contribution < 1.29 is 4.79 Å². The highest BCUT2D eigenvalue weighted by Crippen LogP contribution is 2.23. The predicted octanol–water partition coefficient (Wildman–Crippen LogP) is 2.60. The van der Waals surface area contributed by atoms with E-state index in [1.54, 1.807) is 0 Å². The van der Waals surface area contributed by atoms with E-state index in [-0.39, 0.29) is 17.9 Å². The van der Waals surface area contributed by atoms with Crippen LogP contribution in [0.25, 0.3) is 0 Å². The van der Waals surface area contributed by atoms with E-state index < -0.39 is 0 Å². The van der Waals surface area contributed by atoms with Gasteiger partial charge in [0, 0.05) is 16.2 Å². The van der Waals surface area contributed by atoms with Crippen molar-refractivity contribution in [1.82, 2.24) is 0 Å². The maximum atomic E-state index is 11.9. The molecule has 0 aromatic heterocycles. The molecule has 4 heteroatoms. The highest BCUT2D eigenvalue weighted by Gasteiger charge is 2.22. The standard InChI is InChI=1S/C13H15BrN2O/c1-8-2-5-11(7-12(8)14)16-13(17)9-3-4-10(15)6-9/h2-5,7,9-10H,6,15H2,1H3,(H,16,17). The van der Waals surface area contributed by atoms with Crippen LogP contribution in [0.15, 0.2) is 34.8 Å². The highest BCUT2D eigenvalue weighted by molar-refractivity contribution is 9.10. The Balaban J connectivity index is 2.03. The van der Waals surface area contributed by atoms with E-state index in [0.29, 0.717) is 6.42 Å². The summed E-state index contributed by atoms with van der Waals surface area (Å²) < 4.78 is 0.994. The molecule has 0 bridgehead atoms. The van der Waals surface area contributed by atoms with Crippen molar-refractivity contribution in [3.8, 4) is 0 Å². The molecule has 0 radical (unpaired) electrons. The first-order valence-corrected chi connectivity index (χ1v) is 6.36. The minimum atomic E-state index is -0.106. The lowest BCUT2D eigenvalue weighted by Gasteiger charge is -2.11. The van der Waals surface area contributed by atoms with E-state index in [9.17, 15) is 4.79 Å². The van der Waals surface area contributed by atoms with Gasteiger partial charge in [-0.25, -0.2) is 0 Å². The number of nitrogens with two attached hydrogens (primary N) is 1. The molecule has 2 unspecified atom stereocenters. The Bertz CT molecular complexity index is 470. The van der Waals surface area contributed by atoms with Crippen LogP contribution in [0.3, 0.4) is 0 Å². The van der Waals surface area contributed by atoms with Gasteiger partial charge in [-0.1, -0.05) is 34.1 Å². The summed E-state index contributed by atoms with van der Waals surface area (Å²) >= 11 is 3.44. The average molecular weight is 295 g/mol. The fourth-order valence-corrected chi connectivity index (χ4v) is 2.21. The monoisotopic (exact) mass is 294 g/mol. The Morgan fingerprint density at radius 2 is 2.24 bits per heavy atom. The molecule has 0 spiro atoms. The lowest BCUT2D eigenvalue weighted by atomic mass is 10.1. The zero-order valence-electron chi connectivity index (χ0n) is 9.61. The number of carbonyl (C=O) groups is 1. The Morgan fingerprint density at radius 3 is 2.82 bits per heavy atom. The smallest absolute Gasteiger partial charge is 0.231 e. The van der Waals surface area contributed by atoms with Crippen LogP contribution in [-0.2, 0) is 4.79 Å². The zero-order chi connectivity index (χ0) is 12.4. The Hall–Kier alpha value is -1.13. The van der Waals surface area contributed by atoms with Crippen molar-refractivity contribution in [2.24, 2.45) is 11.7 Å². The fourth-order valence-electron chi connectivity index (χ4n) is 1.83. The number of nitrogens with one attached hydrogen (secondary N) is 1. The SMILES string of the molecule is Cc1ccc(NC(=O)C2C=CC(N)C2)cc1Br. The van der Waals surface area contributed by atoms with Gasteiger partial charge in [0.25, 0.3) is 0 Å². The van der Waals surface area contributed by atoms with Crippen LogP contribution in [0.2, 0.25) is 0 Å². The number of aryl methyl sites for hydroxylation is 1. The van der Waals surface area contributed by atoms with Crippen LogP contribution >= 0.6 is 15.9 Å². The molecule has 0 aliphatic heterocycles. The van der Waals surface area contributed by atoms with Crippen molar-refractivity contribution >= 4 is 27.5 Å². The minimum Gasteiger partial charge on any atom is -0.326 e. The summed E-state index contributed by atoms with van der Waals surface area (Å²) in [6.07, 6.45) is 4.46. The summed E-state index contributed by atoms with van der Waals surface area (Å²) in [5.41, 5.74) is 7.68. The van der Waals surface area contributed by atoms with Gasteiger partial charge >= 0.3 is 0 Å².